The number of Topliss-reactive ketones (excluding diaryl/α,β-unsaturated/α-hetero) is 1. The van der Waals surface area contributed by atoms with E-state index in [9.17, 15) is 4.79 Å². The molecule has 0 spiro atoms. The van der Waals surface area contributed by atoms with E-state index in [0.717, 1.165) is 5.56 Å². The van der Waals surface area contributed by atoms with Gasteiger partial charge in [-0.3, -0.25) is 4.79 Å². The molecule has 0 amide bonds. The van der Waals surface area contributed by atoms with Crippen LogP contribution in [0.3, 0.4) is 0 Å². The first kappa shape index (κ1) is 13.3. The molecule has 1 aliphatic rings. The van der Waals surface area contributed by atoms with Gasteiger partial charge in [0.25, 0.3) is 0 Å². The van der Waals surface area contributed by atoms with E-state index in [4.69, 9.17) is 16.3 Å². The molecule has 0 N–H and O–H groups in total. The van der Waals surface area contributed by atoms with Gasteiger partial charge in [-0.15, -0.1) is 0 Å². The minimum absolute atomic E-state index is 0.0439. The number of ether oxygens (including phenoxy) is 1. The van der Waals surface area contributed by atoms with Crippen LogP contribution in [0.1, 0.15) is 33.3 Å². The lowest BCUT2D eigenvalue weighted by molar-refractivity contribution is -0.132. The first-order valence-corrected chi connectivity index (χ1v) is 6.33. The van der Waals surface area contributed by atoms with Gasteiger partial charge in [0.15, 0.2) is 5.78 Å². The van der Waals surface area contributed by atoms with Crippen molar-refractivity contribution in [3.8, 4) is 0 Å². The molecule has 2 rings (SSSR count). The molecule has 0 bridgehead atoms. The molecule has 18 heavy (non-hydrogen) atoms. The van der Waals surface area contributed by atoms with Crippen LogP contribution in [0.2, 0.25) is 5.02 Å². The van der Waals surface area contributed by atoms with Gasteiger partial charge in [-0.25, -0.2) is 0 Å². The van der Waals surface area contributed by atoms with Crippen LogP contribution in [-0.4, -0.2) is 17.0 Å². The van der Waals surface area contributed by atoms with Crippen molar-refractivity contribution in [3.05, 3.63) is 40.4 Å². The Balaban J connectivity index is 2.43. The maximum atomic E-state index is 12.3. The number of halogens is 1. The molecule has 0 aliphatic carbocycles. The molecule has 1 heterocycles. The Kier molecular flexibility index (Phi) is 3.12. The highest BCUT2D eigenvalue weighted by Gasteiger charge is 2.49. The van der Waals surface area contributed by atoms with Crippen LogP contribution >= 0.6 is 11.6 Å². The number of ketones is 1. The van der Waals surface area contributed by atoms with E-state index in [2.05, 4.69) is 0 Å². The van der Waals surface area contributed by atoms with Crippen molar-refractivity contribution in [3.63, 3.8) is 0 Å². The van der Waals surface area contributed by atoms with Crippen molar-refractivity contribution in [1.82, 2.24) is 0 Å². The summed E-state index contributed by atoms with van der Waals surface area (Å²) in [5.74, 6) is 0.0439. The molecular formula is C15H17ClO2. The molecule has 1 aromatic carbocycles. The monoisotopic (exact) mass is 264 g/mol. The lowest BCUT2D eigenvalue weighted by atomic mass is 9.91. The third kappa shape index (κ3) is 2.36. The number of rotatable bonds is 1. The lowest BCUT2D eigenvalue weighted by Crippen LogP contribution is -2.29. The van der Waals surface area contributed by atoms with Gasteiger partial charge in [0.1, 0.15) is 5.60 Å². The van der Waals surface area contributed by atoms with Crippen molar-refractivity contribution in [2.75, 3.05) is 0 Å². The van der Waals surface area contributed by atoms with E-state index in [1.807, 2.05) is 44.2 Å². The van der Waals surface area contributed by atoms with E-state index in [1.54, 1.807) is 13.8 Å². The predicted octanol–water partition coefficient (Wildman–Crippen LogP) is 3.88. The van der Waals surface area contributed by atoms with Crippen molar-refractivity contribution >= 4 is 23.5 Å². The van der Waals surface area contributed by atoms with Gasteiger partial charge >= 0.3 is 0 Å². The van der Waals surface area contributed by atoms with Gasteiger partial charge in [-0.2, -0.15) is 0 Å². The summed E-state index contributed by atoms with van der Waals surface area (Å²) in [6.07, 6.45) is 1.88. The Morgan fingerprint density at radius 2 is 1.61 bits per heavy atom. The molecule has 0 saturated carbocycles. The standard InChI is InChI=1S/C15H17ClO2/c1-14(2)12(13(17)15(3,4)18-14)9-10-5-7-11(16)8-6-10/h5-9H,1-4H3/b12-9-. The summed E-state index contributed by atoms with van der Waals surface area (Å²) in [7, 11) is 0. The second-order valence-corrected chi connectivity index (χ2v) is 6.00. The molecule has 0 atom stereocenters. The third-order valence-corrected chi connectivity index (χ3v) is 3.38. The molecule has 2 nitrogen and oxygen atoms in total. The number of carbonyl (C=O) groups is 1. The second-order valence-electron chi connectivity index (χ2n) is 5.56. The molecule has 96 valence electrons. The van der Waals surface area contributed by atoms with Gasteiger partial charge in [-0.05, 0) is 51.5 Å². The first-order chi connectivity index (χ1) is 8.22. The van der Waals surface area contributed by atoms with E-state index < -0.39 is 11.2 Å². The van der Waals surface area contributed by atoms with E-state index in [-0.39, 0.29) is 5.78 Å². The maximum absolute atomic E-state index is 12.3. The van der Waals surface area contributed by atoms with Crippen LogP contribution in [0.15, 0.2) is 29.8 Å². The summed E-state index contributed by atoms with van der Waals surface area (Å²) >= 11 is 5.85. The molecule has 0 aromatic heterocycles. The van der Waals surface area contributed by atoms with Crippen LogP contribution in [0.4, 0.5) is 0 Å². The van der Waals surface area contributed by atoms with Crippen LogP contribution in [0, 0.1) is 0 Å². The van der Waals surface area contributed by atoms with Gasteiger partial charge in [0.05, 0.1) is 5.60 Å². The largest absolute Gasteiger partial charge is 0.357 e. The average Bonchev–Trinajstić information content (AvgIpc) is 2.39. The number of carbonyl (C=O) groups excluding carboxylic acids is 1. The minimum atomic E-state index is -0.748. The van der Waals surface area contributed by atoms with E-state index in [1.165, 1.54) is 0 Å². The van der Waals surface area contributed by atoms with Gasteiger partial charge < -0.3 is 4.74 Å². The highest BCUT2D eigenvalue weighted by molar-refractivity contribution is 6.30. The highest BCUT2D eigenvalue weighted by atomic mass is 35.5. The number of benzene rings is 1. The Hall–Kier alpha value is -1.12. The van der Waals surface area contributed by atoms with E-state index >= 15 is 0 Å². The summed E-state index contributed by atoms with van der Waals surface area (Å²) in [6.45, 7) is 7.45. The van der Waals surface area contributed by atoms with Crippen LogP contribution < -0.4 is 0 Å². The molecule has 1 aromatic rings. The molecule has 0 radical (unpaired) electrons. The quantitative estimate of drug-likeness (QED) is 0.720. The van der Waals surface area contributed by atoms with Crippen LogP contribution in [0.5, 0.6) is 0 Å². The van der Waals surface area contributed by atoms with Crippen molar-refractivity contribution in [2.24, 2.45) is 0 Å². The van der Waals surface area contributed by atoms with Crippen LogP contribution in [-0.2, 0) is 9.53 Å². The minimum Gasteiger partial charge on any atom is -0.357 e. The first-order valence-electron chi connectivity index (χ1n) is 5.95. The Morgan fingerprint density at radius 1 is 1.06 bits per heavy atom. The topological polar surface area (TPSA) is 26.3 Å². The fraction of sp³-hybridized carbons (Fsp3) is 0.400. The van der Waals surface area contributed by atoms with Crippen molar-refractivity contribution in [1.29, 1.82) is 0 Å². The lowest BCUT2D eigenvalue weighted by Gasteiger charge is -2.22. The fourth-order valence-electron chi connectivity index (χ4n) is 2.30. The smallest absolute Gasteiger partial charge is 0.192 e. The maximum Gasteiger partial charge on any atom is 0.192 e. The molecule has 3 heteroatoms. The normalized spacial score (nSPS) is 23.6. The molecular weight excluding hydrogens is 248 g/mol. The SMILES string of the molecule is CC1(C)OC(C)(C)/C(=C\c2ccc(Cl)cc2)C1=O. The van der Waals surface area contributed by atoms with Gasteiger partial charge in [0.2, 0.25) is 0 Å². The van der Waals surface area contributed by atoms with Gasteiger partial charge in [0, 0.05) is 10.6 Å². The predicted molar refractivity (Wildman–Crippen MR) is 73.7 cm³/mol. The molecule has 1 aliphatic heterocycles. The molecule has 0 unspecified atom stereocenters. The van der Waals surface area contributed by atoms with Gasteiger partial charge in [-0.1, -0.05) is 23.7 Å². The summed E-state index contributed by atoms with van der Waals surface area (Å²) < 4.78 is 5.81. The third-order valence-electron chi connectivity index (χ3n) is 3.13. The summed E-state index contributed by atoms with van der Waals surface area (Å²) in [4.78, 5) is 12.3. The van der Waals surface area contributed by atoms with Crippen LogP contribution in [0.25, 0.3) is 6.08 Å². The van der Waals surface area contributed by atoms with Crippen molar-refractivity contribution < 1.29 is 9.53 Å². The summed E-state index contributed by atoms with van der Waals surface area (Å²) in [5.41, 5.74) is 0.356. The zero-order chi connectivity index (χ0) is 13.6. The highest BCUT2D eigenvalue weighted by Crippen LogP contribution is 2.39. The van der Waals surface area contributed by atoms with E-state index in [0.29, 0.717) is 10.6 Å². The zero-order valence-electron chi connectivity index (χ0n) is 11.1. The number of hydrogen-bond donors (Lipinski definition) is 0. The second kappa shape index (κ2) is 4.22. The number of hydrogen-bond acceptors (Lipinski definition) is 2. The fourth-order valence-corrected chi connectivity index (χ4v) is 2.43. The summed E-state index contributed by atoms with van der Waals surface area (Å²) in [5, 5.41) is 0.686. The molecule has 1 saturated heterocycles. The Bertz CT molecular complexity index is 510. The Labute approximate surface area is 113 Å². The average molecular weight is 265 g/mol. The van der Waals surface area contributed by atoms with Crippen molar-refractivity contribution in [2.45, 2.75) is 38.9 Å². The zero-order valence-corrected chi connectivity index (χ0v) is 11.8. The molecule has 1 fully saturated rings. The Morgan fingerprint density at radius 3 is 2.06 bits per heavy atom. The summed E-state index contributed by atoms with van der Waals surface area (Å²) in [6, 6.07) is 7.41.